The predicted octanol–water partition coefficient (Wildman–Crippen LogP) is 4.64. The molecule has 1 N–H and O–H groups in total. The molecule has 1 saturated carbocycles. The lowest BCUT2D eigenvalue weighted by Gasteiger charge is -2.32. The predicted molar refractivity (Wildman–Crippen MR) is 78.8 cm³/mol. The van der Waals surface area contributed by atoms with Gasteiger partial charge in [0.1, 0.15) is 5.82 Å². The van der Waals surface area contributed by atoms with Gasteiger partial charge in [-0.2, -0.15) is 0 Å². The monoisotopic (exact) mass is 270 g/mol. The van der Waals surface area contributed by atoms with E-state index in [-0.39, 0.29) is 5.82 Å². The SMILES string of the molecule is OC1(c2ccc(-c3ccccc3)c(F)c2)CCCCC1. The smallest absolute Gasteiger partial charge is 0.131 e. The molecule has 1 aliphatic rings. The molecular formula is C18H19FO. The van der Waals surface area contributed by atoms with Crippen LogP contribution in [0.3, 0.4) is 0 Å². The highest BCUT2D eigenvalue weighted by Gasteiger charge is 2.31. The minimum Gasteiger partial charge on any atom is -0.385 e. The second kappa shape index (κ2) is 5.37. The lowest BCUT2D eigenvalue weighted by molar-refractivity contribution is -0.000865. The first-order chi connectivity index (χ1) is 9.69. The van der Waals surface area contributed by atoms with Gasteiger partial charge in [0, 0.05) is 5.56 Å². The fraction of sp³-hybridized carbons (Fsp3) is 0.333. The molecule has 0 aliphatic heterocycles. The van der Waals surface area contributed by atoms with Crippen LogP contribution in [0, 0.1) is 5.82 Å². The number of aliphatic hydroxyl groups is 1. The van der Waals surface area contributed by atoms with Crippen molar-refractivity contribution in [2.45, 2.75) is 37.7 Å². The summed E-state index contributed by atoms with van der Waals surface area (Å²) in [6, 6.07) is 14.7. The maximum atomic E-state index is 14.3. The molecule has 0 amide bonds. The normalized spacial score (nSPS) is 17.9. The van der Waals surface area contributed by atoms with Gasteiger partial charge >= 0.3 is 0 Å². The molecule has 0 spiro atoms. The Bertz CT molecular complexity index is 586. The highest BCUT2D eigenvalue weighted by atomic mass is 19.1. The van der Waals surface area contributed by atoms with E-state index in [2.05, 4.69) is 0 Å². The van der Waals surface area contributed by atoms with Gasteiger partial charge in [-0.1, -0.05) is 61.7 Å². The molecule has 2 aromatic carbocycles. The summed E-state index contributed by atoms with van der Waals surface area (Å²) < 4.78 is 14.3. The van der Waals surface area contributed by atoms with Crippen LogP contribution in [0.25, 0.3) is 11.1 Å². The van der Waals surface area contributed by atoms with E-state index in [1.165, 1.54) is 6.07 Å². The Balaban J connectivity index is 1.95. The van der Waals surface area contributed by atoms with Crippen molar-refractivity contribution in [2.75, 3.05) is 0 Å². The van der Waals surface area contributed by atoms with Crippen LogP contribution < -0.4 is 0 Å². The molecule has 1 fully saturated rings. The van der Waals surface area contributed by atoms with Crippen molar-refractivity contribution < 1.29 is 9.50 Å². The summed E-state index contributed by atoms with van der Waals surface area (Å²) in [4.78, 5) is 0. The van der Waals surface area contributed by atoms with Crippen molar-refractivity contribution in [2.24, 2.45) is 0 Å². The van der Waals surface area contributed by atoms with Gasteiger partial charge in [-0.25, -0.2) is 4.39 Å². The van der Waals surface area contributed by atoms with E-state index in [0.29, 0.717) is 5.56 Å². The molecular weight excluding hydrogens is 251 g/mol. The Morgan fingerprint density at radius 1 is 0.900 bits per heavy atom. The fourth-order valence-electron chi connectivity index (χ4n) is 3.08. The molecule has 2 aromatic rings. The van der Waals surface area contributed by atoms with Crippen LogP contribution >= 0.6 is 0 Å². The zero-order valence-electron chi connectivity index (χ0n) is 11.5. The first-order valence-electron chi connectivity index (χ1n) is 7.27. The first-order valence-corrected chi connectivity index (χ1v) is 7.27. The third-order valence-electron chi connectivity index (χ3n) is 4.27. The second-order valence-corrected chi connectivity index (χ2v) is 5.65. The lowest BCUT2D eigenvalue weighted by atomic mass is 9.79. The van der Waals surface area contributed by atoms with Gasteiger partial charge in [-0.05, 0) is 30.0 Å². The third kappa shape index (κ3) is 2.48. The highest BCUT2D eigenvalue weighted by Crippen LogP contribution is 2.38. The van der Waals surface area contributed by atoms with Gasteiger partial charge in [0.05, 0.1) is 5.60 Å². The molecule has 104 valence electrons. The van der Waals surface area contributed by atoms with Crippen molar-refractivity contribution in [3.8, 4) is 11.1 Å². The van der Waals surface area contributed by atoms with Gasteiger partial charge in [0.25, 0.3) is 0 Å². The molecule has 0 bridgehead atoms. The van der Waals surface area contributed by atoms with Gasteiger partial charge < -0.3 is 5.11 Å². The zero-order valence-corrected chi connectivity index (χ0v) is 11.5. The van der Waals surface area contributed by atoms with E-state index in [4.69, 9.17) is 0 Å². The first kappa shape index (κ1) is 13.3. The van der Waals surface area contributed by atoms with Gasteiger partial charge in [0.2, 0.25) is 0 Å². The van der Waals surface area contributed by atoms with E-state index in [1.807, 2.05) is 36.4 Å². The number of benzene rings is 2. The molecule has 0 radical (unpaired) electrons. The molecule has 0 atom stereocenters. The van der Waals surface area contributed by atoms with Gasteiger partial charge in [-0.3, -0.25) is 0 Å². The van der Waals surface area contributed by atoms with Crippen LogP contribution in [0.2, 0.25) is 0 Å². The summed E-state index contributed by atoms with van der Waals surface area (Å²) in [5.74, 6) is -0.257. The average molecular weight is 270 g/mol. The molecule has 3 rings (SSSR count). The maximum Gasteiger partial charge on any atom is 0.131 e. The Morgan fingerprint density at radius 3 is 2.25 bits per heavy atom. The standard InChI is InChI=1S/C18H19FO/c19-17-13-15(18(20)11-5-2-6-12-18)9-10-16(17)14-7-3-1-4-8-14/h1,3-4,7-10,13,20H,2,5-6,11-12H2. The quantitative estimate of drug-likeness (QED) is 0.842. The summed E-state index contributed by atoms with van der Waals surface area (Å²) in [5.41, 5.74) is 1.34. The summed E-state index contributed by atoms with van der Waals surface area (Å²) >= 11 is 0. The fourth-order valence-corrected chi connectivity index (χ4v) is 3.08. The number of hydrogen-bond acceptors (Lipinski definition) is 1. The average Bonchev–Trinajstić information content (AvgIpc) is 2.49. The van der Waals surface area contributed by atoms with Crippen LogP contribution in [0.15, 0.2) is 48.5 Å². The van der Waals surface area contributed by atoms with Crippen molar-refractivity contribution in [3.63, 3.8) is 0 Å². The van der Waals surface area contributed by atoms with E-state index in [0.717, 1.165) is 43.2 Å². The van der Waals surface area contributed by atoms with Crippen molar-refractivity contribution in [1.82, 2.24) is 0 Å². The largest absolute Gasteiger partial charge is 0.385 e. The zero-order chi connectivity index (χ0) is 14.0. The molecule has 0 heterocycles. The molecule has 0 unspecified atom stereocenters. The van der Waals surface area contributed by atoms with Crippen LogP contribution in [0.4, 0.5) is 4.39 Å². The summed E-state index contributed by atoms with van der Waals surface area (Å²) in [6.45, 7) is 0. The topological polar surface area (TPSA) is 20.2 Å². The van der Waals surface area contributed by atoms with E-state index >= 15 is 0 Å². The lowest BCUT2D eigenvalue weighted by Crippen LogP contribution is -2.28. The summed E-state index contributed by atoms with van der Waals surface area (Å²) in [5, 5.41) is 10.7. The molecule has 1 aliphatic carbocycles. The molecule has 20 heavy (non-hydrogen) atoms. The minimum absolute atomic E-state index is 0.257. The number of halogens is 1. The molecule has 0 aromatic heterocycles. The van der Waals surface area contributed by atoms with Crippen LogP contribution in [-0.4, -0.2) is 5.11 Å². The molecule has 0 saturated heterocycles. The van der Waals surface area contributed by atoms with Crippen LogP contribution in [0.5, 0.6) is 0 Å². The third-order valence-corrected chi connectivity index (χ3v) is 4.27. The van der Waals surface area contributed by atoms with Gasteiger partial charge in [0.15, 0.2) is 0 Å². The Labute approximate surface area is 119 Å². The molecule has 1 nitrogen and oxygen atoms in total. The van der Waals surface area contributed by atoms with Crippen LogP contribution in [0.1, 0.15) is 37.7 Å². The van der Waals surface area contributed by atoms with Crippen molar-refractivity contribution in [3.05, 3.63) is 59.9 Å². The maximum absolute atomic E-state index is 14.3. The Morgan fingerprint density at radius 2 is 1.60 bits per heavy atom. The Hall–Kier alpha value is -1.67. The van der Waals surface area contributed by atoms with Crippen molar-refractivity contribution in [1.29, 1.82) is 0 Å². The minimum atomic E-state index is -0.839. The van der Waals surface area contributed by atoms with E-state index < -0.39 is 5.60 Å². The number of hydrogen-bond donors (Lipinski definition) is 1. The summed E-state index contributed by atoms with van der Waals surface area (Å²) in [6.07, 6.45) is 4.65. The summed E-state index contributed by atoms with van der Waals surface area (Å²) in [7, 11) is 0. The molecule has 2 heteroatoms. The van der Waals surface area contributed by atoms with E-state index in [9.17, 15) is 9.50 Å². The highest BCUT2D eigenvalue weighted by molar-refractivity contribution is 5.64. The van der Waals surface area contributed by atoms with Crippen molar-refractivity contribution >= 4 is 0 Å². The van der Waals surface area contributed by atoms with E-state index in [1.54, 1.807) is 6.07 Å². The Kier molecular flexibility index (Phi) is 3.58. The van der Waals surface area contributed by atoms with Crippen LogP contribution in [-0.2, 0) is 5.60 Å². The second-order valence-electron chi connectivity index (χ2n) is 5.65. The van der Waals surface area contributed by atoms with Gasteiger partial charge in [-0.15, -0.1) is 0 Å². The number of rotatable bonds is 2.